The topological polar surface area (TPSA) is 73.3 Å². The van der Waals surface area contributed by atoms with Crippen molar-refractivity contribution in [2.24, 2.45) is 17.8 Å². The molecule has 7 rings (SSSR count). The predicted molar refractivity (Wildman–Crippen MR) is 126 cm³/mol. The van der Waals surface area contributed by atoms with Crippen LogP contribution in [0.3, 0.4) is 0 Å². The minimum absolute atomic E-state index is 0. The van der Waals surface area contributed by atoms with Crippen molar-refractivity contribution >= 4 is 5.91 Å². The zero-order chi connectivity index (χ0) is 22.6. The van der Waals surface area contributed by atoms with Gasteiger partial charge in [-0.1, -0.05) is 37.3 Å². The number of nitrogens with one attached hydrogen (secondary N) is 1. The molecule has 1 N–H and O–H groups in total. The van der Waals surface area contributed by atoms with Gasteiger partial charge in [0.1, 0.15) is 0 Å². The van der Waals surface area contributed by atoms with Gasteiger partial charge in [-0.25, -0.2) is 4.98 Å². The zero-order valence-corrected chi connectivity index (χ0v) is 19.5. The fraction of sp³-hybridized carbons (Fsp3) is 0.593. The van der Waals surface area contributed by atoms with Gasteiger partial charge in [0.15, 0.2) is 0 Å². The molecule has 2 aromatic rings. The van der Waals surface area contributed by atoms with E-state index in [1.165, 1.54) is 24.8 Å². The van der Waals surface area contributed by atoms with Crippen LogP contribution >= 0.6 is 0 Å². The molecule has 5 aliphatic rings. The number of aromatic nitrogens is 2. The fourth-order valence-electron chi connectivity index (χ4n) is 6.92. The Balaban J connectivity index is 0.00000241. The molecule has 0 aliphatic heterocycles. The molecule has 1 aromatic carbocycles. The van der Waals surface area contributed by atoms with Crippen molar-refractivity contribution in [3.63, 3.8) is 0 Å². The van der Waals surface area contributed by atoms with E-state index in [2.05, 4.69) is 46.5 Å². The average Bonchev–Trinajstić information content (AvgIpc) is 3.58. The van der Waals surface area contributed by atoms with Crippen molar-refractivity contribution in [1.82, 2.24) is 15.3 Å². The number of amides is 1. The highest BCUT2D eigenvalue weighted by Crippen LogP contribution is 2.57. The number of hydrogen-bond acceptors (Lipinski definition) is 5. The zero-order valence-electron chi connectivity index (χ0n) is 19.5. The molecular formula is C27H35N3O3. The second-order valence-electron chi connectivity index (χ2n) is 11.1. The van der Waals surface area contributed by atoms with Crippen molar-refractivity contribution in [3.05, 3.63) is 53.3 Å². The van der Waals surface area contributed by atoms with Crippen LogP contribution in [0.5, 0.6) is 6.01 Å². The van der Waals surface area contributed by atoms with Gasteiger partial charge >= 0.3 is 6.01 Å². The Bertz CT molecular complexity index is 1040. The van der Waals surface area contributed by atoms with Crippen LogP contribution in [0.4, 0.5) is 0 Å². The number of hydrogen-bond donors (Lipinski definition) is 1. The van der Waals surface area contributed by atoms with Crippen LogP contribution in [0, 0.1) is 17.8 Å². The predicted octanol–water partition coefficient (Wildman–Crippen LogP) is 4.68. The first-order valence-corrected chi connectivity index (χ1v) is 12.4. The molecule has 6 nitrogen and oxygen atoms in total. The van der Waals surface area contributed by atoms with E-state index in [9.17, 15) is 4.79 Å². The lowest BCUT2D eigenvalue weighted by molar-refractivity contribution is -0.177. The molecule has 5 fully saturated rings. The minimum atomic E-state index is -0.0394. The van der Waals surface area contributed by atoms with Gasteiger partial charge in [0.25, 0.3) is 5.91 Å². The largest absolute Gasteiger partial charge is 0.467 e. The highest BCUT2D eigenvalue weighted by atomic mass is 16.5. The van der Waals surface area contributed by atoms with Gasteiger partial charge in [0, 0.05) is 19.1 Å². The van der Waals surface area contributed by atoms with Crippen molar-refractivity contribution in [3.8, 4) is 6.01 Å². The standard InChI is InChI=1S/C27H33N3O3.H2/c1-26(8-9-26)23-21(15-28-25(30-23)32-2)24(31)29-22-19-10-18-11-20(22)14-27(12-18,13-19)33-16-17-6-4-3-5-7-17;/h3-7,15,18-20,22H,8-14,16H2,1-2H3,(H,29,31);1H. The second-order valence-corrected chi connectivity index (χ2v) is 11.1. The number of methoxy groups -OCH3 is 1. The normalized spacial score (nSPS) is 33.0. The molecule has 0 saturated heterocycles. The number of ether oxygens (including phenoxy) is 2. The first-order chi connectivity index (χ1) is 16.0. The van der Waals surface area contributed by atoms with Crippen LogP contribution in [0.25, 0.3) is 0 Å². The van der Waals surface area contributed by atoms with E-state index < -0.39 is 0 Å². The Morgan fingerprint density at radius 1 is 1.15 bits per heavy atom. The second kappa shape index (κ2) is 7.79. The monoisotopic (exact) mass is 449 g/mol. The summed E-state index contributed by atoms with van der Waals surface area (Å²) < 4.78 is 11.9. The van der Waals surface area contributed by atoms with E-state index in [4.69, 9.17) is 9.47 Å². The summed E-state index contributed by atoms with van der Waals surface area (Å²) >= 11 is 0. The molecule has 5 saturated carbocycles. The highest BCUT2D eigenvalue weighted by molar-refractivity contribution is 5.95. The number of benzene rings is 1. The first-order valence-electron chi connectivity index (χ1n) is 12.4. The molecule has 0 spiro atoms. The van der Waals surface area contributed by atoms with Crippen LogP contribution in [0.1, 0.15) is 74.9 Å². The highest BCUT2D eigenvalue weighted by Gasteiger charge is 2.56. The van der Waals surface area contributed by atoms with Crippen LogP contribution in [0.15, 0.2) is 36.5 Å². The number of carbonyl (C=O) groups excluding carboxylic acids is 1. The van der Waals surface area contributed by atoms with Crippen LogP contribution in [-0.2, 0) is 16.8 Å². The molecule has 6 heteroatoms. The van der Waals surface area contributed by atoms with E-state index >= 15 is 0 Å². The van der Waals surface area contributed by atoms with E-state index in [0.717, 1.165) is 37.3 Å². The third kappa shape index (κ3) is 3.82. The molecular weight excluding hydrogens is 414 g/mol. The number of carbonyl (C=O) groups is 1. The Morgan fingerprint density at radius 2 is 1.88 bits per heavy atom. The molecule has 5 aliphatic carbocycles. The summed E-state index contributed by atoms with van der Waals surface area (Å²) in [5.41, 5.74) is 2.61. The molecule has 1 amide bonds. The van der Waals surface area contributed by atoms with Gasteiger partial charge in [-0.05, 0) is 68.3 Å². The van der Waals surface area contributed by atoms with Gasteiger partial charge in [-0.3, -0.25) is 4.79 Å². The smallest absolute Gasteiger partial charge is 0.316 e. The van der Waals surface area contributed by atoms with E-state index in [1.807, 2.05) is 6.07 Å². The lowest BCUT2D eigenvalue weighted by Crippen LogP contribution is -2.62. The molecule has 1 heterocycles. The summed E-state index contributed by atoms with van der Waals surface area (Å²) in [6.07, 6.45) is 9.39. The maximum atomic E-state index is 13.5. The summed E-state index contributed by atoms with van der Waals surface area (Å²) in [6, 6.07) is 11.0. The van der Waals surface area contributed by atoms with Crippen LogP contribution in [0.2, 0.25) is 0 Å². The summed E-state index contributed by atoms with van der Waals surface area (Å²) in [5, 5.41) is 3.43. The molecule has 2 unspecified atom stereocenters. The van der Waals surface area contributed by atoms with E-state index in [0.29, 0.717) is 30.0 Å². The maximum Gasteiger partial charge on any atom is 0.316 e. The van der Waals surface area contributed by atoms with Gasteiger partial charge in [0.05, 0.1) is 30.6 Å². The van der Waals surface area contributed by atoms with Crippen LogP contribution < -0.4 is 10.1 Å². The molecule has 33 heavy (non-hydrogen) atoms. The lowest BCUT2D eigenvalue weighted by Gasteiger charge is -2.59. The van der Waals surface area contributed by atoms with Gasteiger partial charge < -0.3 is 14.8 Å². The fourth-order valence-corrected chi connectivity index (χ4v) is 6.92. The summed E-state index contributed by atoms with van der Waals surface area (Å²) in [6.45, 7) is 2.84. The molecule has 4 bridgehead atoms. The number of rotatable bonds is 7. The summed E-state index contributed by atoms with van der Waals surface area (Å²) in [4.78, 5) is 22.3. The van der Waals surface area contributed by atoms with Crippen molar-refractivity contribution in [2.75, 3.05) is 7.11 Å². The van der Waals surface area contributed by atoms with E-state index in [-0.39, 0.29) is 24.4 Å². The van der Waals surface area contributed by atoms with Gasteiger partial charge in [-0.2, -0.15) is 4.98 Å². The van der Waals surface area contributed by atoms with Gasteiger partial charge in [0.2, 0.25) is 0 Å². The van der Waals surface area contributed by atoms with Crippen LogP contribution in [-0.4, -0.2) is 34.6 Å². The average molecular weight is 450 g/mol. The van der Waals surface area contributed by atoms with Crippen molar-refractivity contribution in [1.29, 1.82) is 0 Å². The third-order valence-corrected chi connectivity index (χ3v) is 8.67. The Labute approximate surface area is 197 Å². The third-order valence-electron chi connectivity index (χ3n) is 8.67. The summed E-state index contributed by atoms with van der Waals surface area (Å²) in [7, 11) is 1.57. The molecule has 1 aromatic heterocycles. The SMILES string of the molecule is COc1ncc(C(=O)NC2C3CC4CC2CC(OCc2ccccc2)(C4)C3)c(C2(C)CC2)n1.[HH]. The number of nitrogens with zero attached hydrogens (tertiary/aromatic N) is 2. The molecule has 176 valence electrons. The molecule has 2 atom stereocenters. The van der Waals surface area contributed by atoms with Crippen molar-refractivity contribution in [2.45, 2.75) is 75.5 Å². The maximum absolute atomic E-state index is 13.5. The Kier molecular flexibility index (Phi) is 4.98. The Morgan fingerprint density at radius 3 is 2.55 bits per heavy atom. The molecule has 0 radical (unpaired) electrons. The van der Waals surface area contributed by atoms with Gasteiger partial charge in [-0.15, -0.1) is 0 Å². The quantitative estimate of drug-likeness (QED) is 0.665. The minimum Gasteiger partial charge on any atom is -0.467 e. The lowest BCUT2D eigenvalue weighted by atomic mass is 9.52. The Hall–Kier alpha value is -2.47. The van der Waals surface area contributed by atoms with Crippen molar-refractivity contribution < 1.29 is 15.7 Å². The first kappa shape index (κ1) is 21.1. The summed E-state index contributed by atoms with van der Waals surface area (Å²) in [5.74, 6) is 1.65. The van der Waals surface area contributed by atoms with E-state index in [1.54, 1.807) is 13.3 Å².